The Morgan fingerprint density at radius 3 is 2.52 bits per heavy atom. The lowest BCUT2D eigenvalue weighted by atomic mass is 9.77. The number of phenolic OH excluding ortho intramolecular Hbond substituents is 1. The molecule has 6 heteroatoms. The summed E-state index contributed by atoms with van der Waals surface area (Å²) in [6.45, 7) is 2.07. The number of rotatable bonds is 3. The largest absolute Gasteiger partial charge is 0.507 e. The fourth-order valence-electron chi connectivity index (χ4n) is 2.62. The van der Waals surface area contributed by atoms with Gasteiger partial charge < -0.3 is 15.5 Å². The lowest BCUT2D eigenvalue weighted by Crippen LogP contribution is -2.56. The molecule has 0 atom stereocenters. The third-order valence-corrected chi connectivity index (χ3v) is 4.33. The molecule has 1 aromatic carbocycles. The van der Waals surface area contributed by atoms with Crippen molar-refractivity contribution in [2.75, 3.05) is 0 Å². The molecule has 0 saturated heterocycles. The fourth-order valence-corrected chi connectivity index (χ4v) is 2.79. The highest BCUT2D eigenvalue weighted by atomic mass is 35.5. The maximum Gasteiger partial charge on any atom is 0.329 e. The van der Waals surface area contributed by atoms with Crippen LogP contribution in [0.15, 0.2) is 18.2 Å². The van der Waals surface area contributed by atoms with E-state index in [0.29, 0.717) is 23.8 Å². The SMILES string of the molecule is CC1CCC(NC(=O)c2cc(Cl)ccc2O)(C(=O)O)CC1. The highest BCUT2D eigenvalue weighted by molar-refractivity contribution is 6.31. The van der Waals surface area contributed by atoms with Crippen molar-refractivity contribution in [3.05, 3.63) is 28.8 Å². The first kappa shape index (κ1) is 15.6. The van der Waals surface area contributed by atoms with Crippen molar-refractivity contribution in [3.8, 4) is 5.75 Å². The number of aliphatic carboxylic acids is 1. The summed E-state index contributed by atoms with van der Waals surface area (Å²) < 4.78 is 0. The number of nitrogens with one attached hydrogen (secondary N) is 1. The number of hydrogen-bond acceptors (Lipinski definition) is 3. The first-order chi connectivity index (χ1) is 9.84. The van der Waals surface area contributed by atoms with Crippen LogP contribution in [0.1, 0.15) is 43.0 Å². The summed E-state index contributed by atoms with van der Waals surface area (Å²) >= 11 is 5.81. The highest BCUT2D eigenvalue weighted by Gasteiger charge is 2.42. The summed E-state index contributed by atoms with van der Waals surface area (Å²) in [7, 11) is 0. The van der Waals surface area contributed by atoms with E-state index in [9.17, 15) is 19.8 Å². The molecular weight excluding hydrogens is 294 g/mol. The molecule has 1 fully saturated rings. The van der Waals surface area contributed by atoms with Crippen LogP contribution in [0.25, 0.3) is 0 Å². The Hall–Kier alpha value is -1.75. The number of carbonyl (C=O) groups excluding carboxylic acids is 1. The number of aromatic hydroxyl groups is 1. The third kappa shape index (κ3) is 3.29. The number of carboxylic acid groups (broad SMARTS) is 1. The Labute approximate surface area is 127 Å². The summed E-state index contributed by atoms with van der Waals surface area (Å²) in [4.78, 5) is 23.9. The van der Waals surface area contributed by atoms with Crippen LogP contribution >= 0.6 is 11.6 Å². The van der Waals surface area contributed by atoms with Crippen molar-refractivity contribution >= 4 is 23.5 Å². The van der Waals surface area contributed by atoms with Gasteiger partial charge in [0.25, 0.3) is 5.91 Å². The van der Waals surface area contributed by atoms with Gasteiger partial charge in [0, 0.05) is 5.02 Å². The van der Waals surface area contributed by atoms with Gasteiger partial charge in [0.15, 0.2) is 0 Å². The minimum Gasteiger partial charge on any atom is -0.507 e. The first-order valence-electron chi connectivity index (χ1n) is 6.88. The van der Waals surface area contributed by atoms with Crippen molar-refractivity contribution in [1.82, 2.24) is 5.32 Å². The topological polar surface area (TPSA) is 86.6 Å². The minimum atomic E-state index is -1.27. The smallest absolute Gasteiger partial charge is 0.329 e. The zero-order valence-electron chi connectivity index (χ0n) is 11.7. The van der Waals surface area contributed by atoms with Gasteiger partial charge in [-0.3, -0.25) is 4.79 Å². The molecule has 114 valence electrons. The normalized spacial score (nSPS) is 25.3. The van der Waals surface area contributed by atoms with Gasteiger partial charge in [-0.05, 0) is 49.8 Å². The van der Waals surface area contributed by atoms with Crippen LogP contribution in [0.3, 0.4) is 0 Å². The Morgan fingerprint density at radius 1 is 1.33 bits per heavy atom. The molecule has 0 aliphatic heterocycles. The number of halogens is 1. The average Bonchev–Trinajstić information content (AvgIpc) is 2.44. The van der Waals surface area contributed by atoms with E-state index in [-0.39, 0.29) is 11.3 Å². The van der Waals surface area contributed by atoms with Gasteiger partial charge in [-0.2, -0.15) is 0 Å². The summed E-state index contributed by atoms with van der Waals surface area (Å²) in [5.74, 6) is -1.42. The number of carboxylic acids is 1. The van der Waals surface area contributed by atoms with Crippen molar-refractivity contribution in [1.29, 1.82) is 0 Å². The van der Waals surface area contributed by atoms with E-state index in [1.807, 2.05) is 0 Å². The maximum absolute atomic E-state index is 12.3. The summed E-state index contributed by atoms with van der Waals surface area (Å²) in [5.41, 5.74) is -1.28. The number of benzene rings is 1. The standard InChI is InChI=1S/C15H18ClNO4/c1-9-4-6-15(7-5-9,14(20)21)17-13(19)11-8-10(16)2-3-12(11)18/h2-3,8-9,18H,4-7H2,1H3,(H,17,19)(H,20,21). The molecule has 1 aromatic rings. The molecule has 1 amide bonds. The number of amides is 1. The Bertz CT molecular complexity index is 565. The van der Waals surface area contributed by atoms with Crippen LogP contribution in [-0.2, 0) is 4.79 Å². The Balaban J connectivity index is 2.23. The molecule has 5 nitrogen and oxygen atoms in total. The minimum absolute atomic E-state index is 0.0123. The second-order valence-corrected chi connectivity index (χ2v) is 6.12. The van der Waals surface area contributed by atoms with Crippen molar-refractivity contribution in [3.63, 3.8) is 0 Å². The fraction of sp³-hybridized carbons (Fsp3) is 0.467. The molecule has 2 rings (SSSR count). The van der Waals surface area contributed by atoms with E-state index in [2.05, 4.69) is 12.2 Å². The van der Waals surface area contributed by atoms with Gasteiger partial charge in [-0.25, -0.2) is 4.79 Å². The third-order valence-electron chi connectivity index (χ3n) is 4.09. The molecule has 0 radical (unpaired) electrons. The maximum atomic E-state index is 12.3. The van der Waals surface area contributed by atoms with Crippen LogP contribution in [-0.4, -0.2) is 27.6 Å². The zero-order valence-corrected chi connectivity index (χ0v) is 12.5. The van der Waals surface area contributed by atoms with Gasteiger partial charge in [0.2, 0.25) is 0 Å². The van der Waals surface area contributed by atoms with E-state index in [4.69, 9.17) is 11.6 Å². The van der Waals surface area contributed by atoms with Gasteiger partial charge in [0.1, 0.15) is 11.3 Å². The molecule has 21 heavy (non-hydrogen) atoms. The monoisotopic (exact) mass is 311 g/mol. The summed E-state index contributed by atoms with van der Waals surface area (Å²) in [6.07, 6.45) is 2.26. The van der Waals surface area contributed by atoms with E-state index < -0.39 is 17.4 Å². The van der Waals surface area contributed by atoms with Gasteiger partial charge in [-0.1, -0.05) is 18.5 Å². The number of hydrogen-bond donors (Lipinski definition) is 3. The number of carbonyl (C=O) groups is 2. The Kier molecular flexibility index (Phi) is 4.42. The quantitative estimate of drug-likeness (QED) is 0.801. The highest BCUT2D eigenvalue weighted by Crippen LogP contribution is 2.33. The molecule has 0 unspecified atom stereocenters. The predicted octanol–water partition coefficient (Wildman–Crippen LogP) is 2.81. The Morgan fingerprint density at radius 2 is 1.95 bits per heavy atom. The van der Waals surface area contributed by atoms with Gasteiger partial charge in [0.05, 0.1) is 5.56 Å². The molecule has 1 saturated carbocycles. The van der Waals surface area contributed by atoms with Crippen LogP contribution in [0.5, 0.6) is 5.75 Å². The van der Waals surface area contributed by atoms with Crippen molar-refractivity contribution < 1.29 is 19.8 Å². The van der Waals surface area contributed by atoms with Crippen LogP contribution in [0.2, 0.25) is 5.02 Å². The molecule has 0 heterocycles. The average molecular weight is 312 g/mol. The van der Waals surface area contributed by atoms with Gasteiger partial charge in [-0.15, -0.1) is 0 Å². The summed E-state index contributed by atoms with van der Waals surface area (Å²) in [6, 6.07) is 4.10. The lowest BCUT2D eigenvalue weighted by molar-refractivity contribution is -0.146. The molecule has 0 bridgehead atoms. The molecular formula is C15H18ClNO4. The zero-order chi connectivity index (χ0) is 15.6. The molecule has 1 aliphatic rings. The van der Waals surface area contributed by atoms with E-state index in [0.717, 1.165) is 12.8 Å². The van der Waals surface area contributed by atoms with Gasteiger partial charge >= 0.3 is 5.97 Å². The summed E-state index contributed by atoms with van der Waals surface area (Å²) in [5, 5.41) is 22.1. The van der Waals surface area contributed by atoms with Crippen LogP contribution < -0.4 is 5.32 Å². The molecule has 0 aromatic heterocycles. The van der Waals surface area contributed by atoms with E-state index in [1.54, 1.807) is 0 Å². The van der Waals surface area contributed by atoms with E-state index >= 15 is 0 Å². The van der Waals surface area contributed by atoms with Crippen LogP contribution in [0.4, 0.5) is 0 Å². The second kappa shape index (κ2) is 5.93. The predicted molar refractivity (Wildman–Crippen MR) is 78.6 cm³/mol. The molecule has 0 spiro atoms. The van der Waals surface area contributed by atoms with Crippen molar-refractivity contribution in [2.24, 2.45) is 5.92 Å². The van der Waals surface area contributed by atoms with Crippen molar-refractivity contribution in [2.45, 2.75) is 38.1 Å². The number of phenols is 1. The molecule has 3 N–H and O–H groups in total. The van der Waals surface area contributed by atoms with E-state index in [1.165, 1.54) is 18.2 Å². The lowest BCUT2D eigenvalue weighted by Gasteiger charge is -2.36. The second-order valence-electron chi connectivity index (χ2n) is 5.69. The van der Waals surface area contributed by atoms with Crippen LogP contribution in [0, 0.1) is 5.92 Å². The molecule has 1 aliphatic carbocycles. The first-order valence-corrected chi connectivity index (χ1v) is 7.26.